The van der Waals surface area contributed by atoms with E-state index in [9.17, 15) is 9.36 Å². The molecule has 0 bridgehead atoms. The summed E-state index contributed by atoms with van der Waals surface area (Å²) < 4.78 is 29.0. The Bertz CT molecular complexity index is 2040. The molecule has 2 aromatic heterocycles. The third kappa shape index (κ3) is 6.97. The summed E-state index contributed by atoms with van der Waals surface area (Å²) in [4.78, 5) is 29.0. The van der Waals surface area contributed by atoms with Crippen LogP contribution >= 0.6 is 18.1 Å². The molecule has 0 radical (unpaired) electrons. The number of amides is 1. The molecule has 3 atom stereocenters. The Morgan fingerprint density at radius 3 is 1.96 bits per heavy atom. The molecule has 1 aliphatic heterocycles. The Balaban J connectivity index is 1.34. The molecule has 1 aliphatic rings. The summed E-state index contributed by atoms with van der Waals surface area (Å²) in [6.07, 6.45) is 1.81. The number of carbonyl (C=O) groups excluding carboxylic acids is 1. The van der Waals surface area contributed by atoms with Gasteiger partial charge in [0.25, 0.3) is 5.91 Å². The highest BCUT2D eigenvalue weighted by atomic mass is 35.7. The van der Waals surface area contributed by atoms with Gasteiger partial charge in [0.15, 0.2) is 17.0 Å². The predicted octanol–water partition coefficient (Wildman–Crippen LogP) is 7.20. The fourth-order valence-electron chi connectivity index (χ4n) is 6.64. The Labute approximate surface area is 301 Å². The molecule has 1 N–H and O–H groups in total. The highest BCUT2D eigenvalue weighted by molar-refractivity contribution is 7.83. The lowest BCUT2D eigenvalue weighted by Crippen LogP contribution is -2.57. The Morgan fingerprint density at radius 2 is 1.41 bits per heavy atom. The molecule has 0 unspecified atom stereocenters. The maximum atomic E-state index is 13.1. The summed E-state index contributed by atoms with van der Waals surface area (Å²) in [7, 11) is 3.22. The second kappa shape index (κ2) is 14.9. The van der Waals surface area contributed by atoms with Crippen LogP contribution in [0.2, 0.25) is 0 Å². The first-order valence-corrected chi connectivity index (χ1v) is 19.0. The molecule has 1 fully saturated rings. The predicted molar refractivity (Wildman–Crippen MR) is 198 cm³/mol. The van der Waals surface area contributed by atoms with Crippen molar-refractivity contribution in [2.24, 2.45) is 0 Å². The molecular weight excluding hydrogens is 685 g/mol. The van der Waals surface area contributed by atoms with Crippen molar-refractivity contribution in [3.63, 3.8) is 0 Å². The lowest BCUT2D eigenvalue weighted by atomic mass is 9.75. The van der Waals surface area contributed by atoms with Gasteiger partial charge in [-0.05, 0) is 54.2 Å². The average Bonchev–Trinajstić information content (AvgIpc) is 3.61. The van der Waals surface area contributed by atoms with E-state index in [1.165, 1.54) is 11.0 Å². The first kappa shape index (κ1) is 34.7. The molecular formula is C38H37ClN7O4P. The minimum atomic E-state index is -3.60. The maximum Gasteiger partial charge on any atom is 0.362 e. The van der Waals surface area contributed by atoms with Crippen molar-refractivity contribution < 1.29 is 18.6 Å². The van der Waals surface area contributed by atoms with Gasteiger partial charge in [0.2, 0.25) is 0 Å². The number of nitrogens with zero attached hydrogens (tertiary/aromatic N) is 6. The number of rotatable bonds is 11. The highest BCUT2D eigenvalue weighted by Gasteiger charge is 2.47. The molecule has 7 rings (SSSR count). The maximum absolute atomic E-state index is 13.1. The second-order valence-corrected chi connectivity index (χ2v) is 15.6. The Morgan fingerprint density at radius 1 is 0.863 bits per heavy atom. The van der Waals surface area contributed by atoms with Gasteiger partial charge in [0.05, 0.1) is 24.6 Å². The number of benzene rings is 4. The van der Waals surface area contributed by atoms with Crippen LogP contribution < -0.4 is 5.32 Å². The highest BCUT2D eigenvalue weighted by Crippen LogP contribution is 2.54. The summed E-state index contributed by atoms with van der Waals surface area (Å²) in [5.74, 6) is -0.0337. The largest absolute Gasteiger partial charge is 0.362 e. The van der Waals surface area contributed by atoms with Gasteiger partial charge in [-0.3, -0.25) is 18.8 Å². The van der Waals surface area contributed by atoms with E-state index in [4.69, 9.17) is 20.5 Å². The number of fused-ring (bicyclic) bond motifs is 1. The average molecular weight is 722 g/mol. The molecule has 11 nitrogen and oxygen atoms in total. The number of anilines is 1. The van der Waals surface area contributed by atoms with Gasteiger partial charge in [-0.15, -0.1) is 0 Å². The number of ether oxygens (including phenoxy) is 1. The zero-order valence-corrected chi connectivity index (χ0v) is 29.8. The minimum Gasteiger partial charge on any atom is -0.350 e. The number of carbonyl (C=O) groups is 1. The monoisotopic (exact) mass is 721 g/mol. The quantitative estimate of drug-likeness (QED) is 0.110. The van der Waals surface area contributed by atoms with Gasteiger partial charge in [-0.2, -0.15) is 0 Å². The summed E-state index contributed by atoms with van der Waals surface area (Å²) in [6.45, 7) is -2.85. The topological polar surface area (TPSA) is 115 Å². The number of aromatic nitrogens is 4. The number of halogens is 1. The summed E-state index contributed by atoms with van der Waals surface area (Å²) in [6, 6.07) is 40.0. The first-order chi connectivity index (χ1) is 24.8. The molecule has 4 aromatic carbocycles. The van der Waals surface area contributed by atoms with Crippen LogP contribution in [0.25, 0.3) is 11.2 Å². The van der Waals surface area contributed by atoms with Crippen molar-refractivity contribution in [3.05, 3.63) is 156 Å². The van der Waals surface area contributed by atoms with Crippen LogP contribution in [0.3, 0.4) is 0 Å². The third-order valence-electron chi connectivity index (χ3n) is 9.03. The normalized spacial score (nSPS) is 18.0. The first-order valence-electron chi connectivity index (χ1n) is 16.5. The molecule has 13 heteroatoms. The van der Waals surface area contributed by atoms with Crippen molar-refractivity contribution in [1.29, 1.82) is 0 Å². The lowest BCUT2D eigenvalue weighted by molar-refractivity contribution is -0.145. The molecule has 0 spiro atoms. The van der Waals surface area contributed by atoms with E-state index in [0.717, 1.165) is 16.7 Å². The van der Waals surface area contributed by atoms with Gasteiger partial charge >= 0.3 is 6.87 Å². The van der Waals surface area contributed by atoms with E-state index in [-0.39, 0.29) is 18.3 Å². The molecule has 260 valence electrons. The van der Waals surface area contributed by atoms with Gasteiger partial charge < -0.3 is 14.6 Å². The van der Waals surface area contributed by atoms with Crippen LogP contribution in [-0.2, 0) is 19.4 Å². The van der Waals surface area contributed by atoms with E-state index in [1.807, 2.05) is 65.2 Å². The van der Waals surface area contributed by atoms with Gasteiger partial charge in [-0.25, -0.2) is 19.6 Å². The van der Waals surface area contributed by atoms with E-state index in [1.54, 1.807) is 44.7 Å². The molecule has 0 saturated carbocycles. The molecule has 6 aromatic rings. The van der Waals surface area contributed by atoms with Crippen LogP contribution in [0.1, 0.15) is 33.3 Å². The van der Waals surface area contributed by atoms with Crippen LogP contribution in [0.4, 0.5) is 5.82 Å². The standard InChI is InChI=1S/C38H37ClN7O4P/c1-44(2)51(39,48)49-25-32-23-45(38(29-17-9-4-10-18-29,30-19-11-5-12-20-30)31-21-13-6-14-22-31)24-33(50-32)46-27-42-34-35(40-26-41-36(34)46)43-37(47)28-15-7-3-8-16-28/h3-22,26-27,32-33H,23-25H2,1-2H3,(H,40,41,43,47)/t32-,33+,51-/m0/s1. The van der Waals surface area contributed by atoms with Crippen molar-refractivity contribution >= 4 is 41.0 Å². The van der Waals surface area contributed by atoms with Gasteiger partial charge in [0, 0.05) is 18.7 Å². The smallest absolute Gasteiger partial charge is 0.350 e. The van der Waals surface area contributed by atoms with E-state index >= 15 is 0 Å². The number of nitrogens with one attached hydrogen (secondary N) is 1. The summed E-state index contributed by atoms with van der Waals surface area (Å²) in [5.41, 5.74) is 3.77. The molecule has 3 heterocycles. The number of morpholine rings is 1. The fourth-order valence-corrected chi connectivity index (χ4v) is 7.39. The van der Waals surface area contributed by atoms with E-state index in [0.29, 0.717) is 29.8 Å². The van der Waals surface area contributed by atoms with Crippen LogP contribution in [0.5, 0.6) is 0 Å². The lowest BCUT2D eigenvalue weighted by Gasteiger charge is -2.50. The van der Waals surface area contributed by atoms with E-state index in [2.05, 4.69) is 61.6 Å². The SMILES string of the molecule is CN(C)[P@](=O)(Cl)OC[C@@H]1CN(C(c2ccccc2)(c2ccccc2)c2ccccc2)C[C@H](n2cnc3c(NC(=O)c4ccccc4)ncnc32)O1. The zero-order valence-electron chi connectivity index (χ0n) is 28.1. The molecule has 1 saturated heterocycles. The van der Waals surface area contributed by atoms with Crippen molar-refractivity contribution in [2.75, 3.05) is 39.1 Å². The van der Waals surface area contributed by atoms with Crippen LogP contribution in [-0.4, -0.2) is 74.9 Å². The van der Waals surface area contributed by atoms with Gasteiger partial charge in [0.1, 0.15) is 12.6 Å². The zero-order chi connectivity index (χ0) is 35.4. The third-order valence-corrected chi connectivity index (χ3v) is 11.7. The summed E-state index contributed by atoms with van der Waals surface area (Å²) >= 11 is 6.35. The van der Waals surface area contributed by atoms with Crippen molar-refractivity contribution in [1.82, 2.24) is 29.1 Å². The second-order valence-electron chi connectivity index (χ2n) is 12.4. The van der Waals surface area contributed by atoms with Crippen molar-refractivity contribution in [3.8, 4) is 0 Å². The number of imidazole rings is 1. The molecule has 51 heavy (non-hydrogen) atoms. The summed E-state index contributed by atoms with van der Waals surface area (Å²) in [5, 5.41) is 2.88. The Hall–Kier alpha value is -4.74. The van der Waals surface area contributed by atoms with Crippen LogP contribution in [0.15, 0.2) is 134 Å². The minimum absolute atomic E-state index is 0.0413. The Kier molecular flexibility index (Phi) is 10.1. The number of hydrogen-bond acceptors (Lipinski definition) is 8. The van der Waals surface area contributed by atoms with Crippen LogP contribution in [0, 0.1) is 0 Å². The van der Waals surface area contributed by atoms with Gasteiger partial charge in [-0.1, -0.05) is 109 Å². The molecule has 0 aliphatic carbocycles. The number of hydrogen-bond donors (Lipinski definition) is 1. The van der Waals surface area contributed by atoms with E-state index < -0.39 is 24.7 Å². The fraction of sp³-hybridized carbons (Fsp3) is 0.211. The van der Waals surface area contributed by atoms with Crippen molar-refractivity contribution in [2.45, 2.75) is 17.9 Å². The molecule has 1 amide bonds.